The van der Waals surface area contributed by atoms with Crippen molar-refractivity contribution in [3.8, 4) is 0 Å². The van der Waals surface area contributed by atoms with Crippen molar-refractivity contribution in [3.05, 3.63) is 18.8 Å². The lowest BCUT2D eigenvalue weighted by Gasteiger charge is -1.90. The molecule has 2 nitrogen and oxygen atoms in total. The van der Waals surface area contributed by atoms with Crippen LogP contribution in [-0.2, 0) is 9.84 Å². The maximum atomic E-state index is 11.0. The van der Waals surface area contributed by atoms with Crippen LogP contribution in [0.15, 0.2) is 18.8 Å². The highest BCUT2D eigenvalue weighted by molar-refractivity contribution is 8.02. The Kier molecular flexibility index (Phi) is 2.48. The van der Waals surface area contributed by atoms with E-state index >= 15 is 0 Å². The third-order valence-corrected chi connectivity index (χ3v) is 5.23. The maximum absolute atomic E-state index is 11.0. The first-order valence-corrected chi connectivity index (χ1v) is 5.24. The Bertz CT molecular complexity index is 334. The molecular formula is C4Cl4O2S. The van der Waals surface area contributed by atoms with Gasteiger partial charge < -0.3 is 0 Å². The summed E-state index contributed by atoms with van der Waals surface area (Å²) < 4.78 is 20.9. The van der Waals surface area contributed by atoms with Crippen LogP contribution in [0, 0.1) is 0 Å². The van der Waals surface area contributed by atoms with E-state index in [0.717, 1.165) is 0 Å². The van der Waals surface area contributed by atoms with Gasteiger partial charge in [0.25, 0.3) is 0 Å². The third kappa shape index (κ3) is 1.29. The van der Waals surface area contributed by atoms with Crippen molar-refractivity contribution in [2.45, 2.75) is 0 Å². The molecule has 1 heterocycles. The molecule has 1 aliphatic rings. The van der Waals surface area contributed by atoms with Crippen molar-refractivity contribution in [1.82, 2.24) is 0 Å². The summed E-state index contributed by atoms with van der Waals surface area (Å²) in [5.41, 5.74) is 0. The van der Waals surface area contributed by atoms with Gasteiger partial charge in [0.05, 0.1) is 10.1 Å². The van der Waals surface area contributed by atoms with Gasteiger partial charge in [-0.2, -0.15) is 0 Å². The van der Waals surface area contributed by atoms with Gasteiger partial charge >= 0.3 is 0 Å². The number of hydrogen-bond acceptors (Lipinski definition) is 2. The van der Waals surface area contributed by atoms with E-state index in [9.17, 15) is 8.42 Å². The molecule has 1 rings (SSSR count). The Morgan fingerprint density at radius 3 is 1.18 bits per heavy atom. The molecule has 62 valence electrons. The zero-order valence-corrected chi connectivity index (χ0v) is 8.58. The summed E-state index contributed by atoms with van der Waals surface area (Å²) in [7, 11) is -3.78. The molecule has 0 saturated heterocycles. The average Bonchev–Trinajstić information content (AvgIpc) is 2.06. The largest absolute Gasteiger partial charge is 0.231 e. The van der Waals surface area contributed by atoms with Gasteiger partial charge in [0.1, 0.15) is 0 Å². The average molecular weight is 254 g/mol. The molecule has 7 heteroatoms. The van der Waals surface area contributed by atoms with Crippen LogP contribution in [0.25, 0.3) is 0 Å². The molecule has 0 aromatic carbocycles. The summed E-state index contributed by atoms with van der Waals surface area (Å²) >= 11 is 21.4. The molecule has 0 spiro atoms. The van der Waals surface area contributed by atoms with E-state index in [0.29, 0.717) is 0 Å². The molecule has 0 aromatic heterocycles. The van der Waals surface area contributed by atoms with E-state index in [-0.39, 0.29) is 10.1 Å². The molecular weight excluding hydrogens is 254 g/mol. The number of allylic oxidation sites excluding steroid dienone is 2. The quantitative estimate of drug-likeness (QED) is 0.665. The summed E-state index contributed by atoms with van der Waals surface area (Å²) in [5, 5.41) is -0.448. The lowest BCUT2D eigenvalue weighted by molar-refractivity contribution is 0.611. The highest BCUT2D eigenvalue weighted by Crippen LogP contribution is 2.43. The van der Waals surface area contributed by atoms with Crippen LogP contribution in [0.4, 0.5) is 0 Å². The van der Waals surface area contributed by atoms with Gasteiger partial charge in [-0.05, 0) is 0 Å². The first kappa shape index (κ1) is 9.68. The van der Waals surface area contributed by atoms with Crippen molar-refractivity contribution >= 4 is 56.2 Å². The fourth-order valence-corrected chi connectivity index (χ4v) is 3.10. The van der Waals surface area contributed by atoms with Crippen molar-refractivity contribution in [2.24, 2.45) is 0 Å². The zero-order valence-electron chi connectivity index (χ0n) is 4.74. The molecule has 0 atom stereocenters. The number of rotatable bonds is 0. The van der Waals surface area contributed by atoms with Crippen LogP contribution in [0.2, 0.25) is 0 Å². The Morgan fingerprint density at radius 1 is 0.818 bits per heavy atom. The van der Waals surface area contributed by atoms with E-state index in [2.05, 4.69) is 0 Å². The summed E-state index contributed by atoms with van der Waals surface area (Å²) in [6.45, 7) is 0. The molecule has 11 heavy (non-hydrogen) atoms. The first-order valence-electron chi connectivity index (χ1n) is 2.25. The molecule has 0 aromatic rings. The maximum Gasteiger partial charge on any atom is 0.231 e. The lowest BCUT2D eigenvalue weighted by Crippen LogP contribution is -1.94. The molecule has 0 aliphatic carbocycles. The van der Waals surface area contributed by atoms with Crippen molar-refractivity contribution < 1.29 is 8.42 Å². The van der Waals surface area contributed by atoms with Gasteiger partial charge in [-0.1, -0.05) is 46.4 Å². The Balaban J connectivity index is 3.52. The second-order valence-electron chi connectivity index (χ2n) is 1.68. The van der Waals surface area contributed by atoms with Crippen molar-refractivity contribution in [1.29, 1.82) is 0 Å². The van der Waals surface area contributed by atoms with Gasteiger partial charge in [0.2, 0.25) is 9.84 Å². The van der Waals surface area contributed by atoms with Gasteiger partial charge in [-0.3, -0.25) is 0 Å². The molecule has 0 bridgehead atoms. The normalized spacial score (nSPS) is 23.3. The van der Waals surface area contributed by atoms with E-state index in [1.54, 1.807) is 0 Å². The monoisotopic (exact) mass is 252 g/mol. The minimum atomic E-state index is -3.78. The van der Waals surface area contributed by atoms with Crippen LogP contribution in [0.5, 0.6) is 0 Å². The fourth-order valence-electron chi connectivity index (χ4n) is 0.487. The standard InChI is InChI=1S/C4Cl4O2S/c5-1-2(6)4(8)11(9,10)3(1)7. The smallest absolute Gasteiger partial charge is 0.217 e. The van der Waals surface area contributed by atoms with E-state index in [4.69, 9.17) is 46.4 Å². The fraction of sp³-hybridized carbons (Fsp3) is 0. The molecule has 0 amide bonds. The van der Waals surface area contributed by atoms with E-state index < -0.39 is 18.6 Å². The summed E-state index contributed by atoms with van der Waals surface area (Å²) in [5.74, 6) is 0. The number of sulfone groups is 1. The Labute approximate surface area is 83.3 Å². The molecule has 0 fully saturated rings. The van der Waals surface area contributed by atoms with Gasteiger partial charge in [-0.25, -0.2) is 8.42 Å². The predicted molar refractivity (Wildman–Crippen MR) is 46.4 cm³/mol. The van der Waals surface area contributed by atoms with Crippen LogP contribution < -0.4 is 0 Å². The zero-order chi connectivity index (χ0) is 8.81. The van der Waals surface area contributed by atoms with Crippen LogP contribution in [-0.4, -0.2) is 8.42 Å². The summed E-state index contributed by atoms with van der Waals surface area (Å²) in [6.07, 6.45) is 0. The molecule has 0 unspecified atom stereocenters. The minimum Gasteiger partial charge on any atom is -0.217 e. The van der Waals surface area contributed by atoms with Crippen LogP contribution >= 0.6 is 46.4 Å². The van der Waals surface area contributed by atoms with Gasteiger partial charge in [0.15, 0.2) is 8.73 Å². The van der Waals surface area contributed by atoms with Gasteiger partial charge in [-0.15, -0.1) is 0 Å². The Morgan fingerprint density at radius 2 is 1.09 bits per heavy atom. The van der Waals surface area contributed by atoms with E-state index in [1.165, 1.54) is 0 Å². The van der Waals surface area contributed by atoms with Crippen LogP contribution in [0.3, 0.4) is 0 Å². The lowest BCUT2D eigenvalue weighted by atomic mass is 10.6. The van der Waals surface area contributed by atoms with Crippen molar-refractivity contribution in [3.63, 3.8) is 0 Å². The molecule has 0 radical (unpaired) electrons. The third-order valence-electron chi connectivity index (χ3n) is 1.01. The second-order valence-corrected chi connectivity index (χ2v) is 5.46. The Hall–Kier alpha value is 0.590. The highest BCUT2D eigenvalue weighted by atomic mass is 35.5. The second kappa shape index (κ2) is 2.82. The minimum absolute atomic E-state index is 0.224. The van der Waals surface area contributed by atoms with E-state index in [1.807, 2.05) is 0 Å². The SMILES string of the molecule is O=S1(=O)C(Cl)=C(Cl)C(Cl)=C1Cl. The highest BCUT2D eigenvalue weighted by Gasteiger charge is 2.34. The van der Waals surface area contributed by atoms with Crippen LogP contribution in [0.1, 0.15) is 0 Å². The first-order chi connectivity index (χ1) is 4.89. The number of halogens is 4. The van der Waals surface area contributed by atoms with Crippen molar-refractivity contribution in [2.75, 3.05) is 0 Å². The summed E-state index contributed by atoms with van der Waals surface area (Å²) in [4.78, 5) is 0. The molecule has 1 aliphatic heterocycles. The predicted octanol–water partition coefficient (Wildman–Crippen LogP) is 2.71. The molecule has 0 saturated carbocycles. The topological polar surface area (TPSA) is 34.1 Å². The summed E-state index contributed by atoms with van der Waals surface area (Å²) in [6, 6.07) is 0. The van der Waals surface area contributed by atoms with Gasteiger partial charge in [0, 0.05) is 0 Å². The number of hydrogen-bond donors (Lipinski definition) is 0. The molecule has 0 N–H and O–H groups in total.